The molecule has 0 bridgehead atoms. The third kappa shape index (κ3) is 4.74. The molecule has 2 aromatic rings. The second-order valence-electron chi connectivity index (χ2n) is 7.61. The highest BCUT2D eigenvalue weighted by Crippen LogP contribution is 2.40. The lowest BCUT2D eigenvalue weighted by molar-refractivity contribution is -0.137. The summed E-state index contributed by atoms with van der Waals surface area (Å²) in [7, 11) is -3.09. The van der Waals surface area contributed by atoms with Crippen LogP contribution in [0.3, 0.4) is 0 Å². The molecule has 170 valence electrons. The van der Waals surface area contributed by atoms with E-state index in [4.69, 9.17) is 21.1 Å². The third-order valence-electron chi connectivity index (χ3n) is 5.34. The van der Waals surface area contributed by atoms with Gasteiger partial charge in [0.1, 0.15) is 17.3 Å². The Kier molecular flexibility index (Phi) is 6.15. The Labute approximate surface area is 189 Å². The molecule has 1 unspecified atom stereocenters. The van der Waals surface area contributed by atoms with Gasteiger partial charge in [-0.2, -0.15) is 0 Å². The van der Waals surface area contributed by atoms with Crippen molar-refractivity contribution in [3.63, 3.8) is 0 Å². The fraction of sp³-hybridized carbons (Fsp3) is 0.318. The van der Waals surface area contributed by atoms with E-state index in [1.807, 2.05) is 0 Å². The molecule has 0 spiro atoms. The summed E-state index contributed by atoms with van der Waals surface area (Å²) in [5.74, 6) is -0.239. The Morgan fingerprint density at radius 2 is 1.91 bits per heavy atom. The molecule has 2 aromatic carbocycles. The van der Waals surface area contributed by atoms with Crippen LogP contribution < -0.4 is 9.47 Å². The molecule has 32 heavy (non-hydrogen) atoms. The molecule has 7 nitrogen and oxygen atoms in total. The predicted octanol–water partition coefficient (Wildman–Crippen LogP) is 2.65. The summed E-state index contributed by atoms with van der Waals surface area (Å²) in [6.45, 7) is 1.87. The smallest absolute Gasteiger partial charge is 0.263 e. The zero-order valence-electron chi connectivity index (χ0n) is 17.1. The van der Waals surface area contributed by atoms with Gasteiger partial charge >= 0.3 is 0 Å². The van der Waals surface area contributed by atoms with E-state index < -0.39 is 28.0 Å². The van der Waals surface area contributed by atoms with Gasteiger partial charge in [-0.15, -0.1) is 0 Å². The van der Waals surface area contributed by atoms with Crippen LogP contribution in [0.5, 0.6) is 11.5 Å². The number of benzene rings is 2. The normalized spacial score (nSPS) is 20.6. The van der Waals surface area contributed by atoms with Crippen molar-refractivity contribution in [2.45, 2.75) is 19.3 Å². The van der Waals surface area contributed by atoms with Crippen molar-refractivity contribution in [3.8, 4) is 11.5 Å². The van der Waals surface area contributed by atoms with E-state index in [-0.39, 0.29) is 35.5 Å². The second-order valence-corrected chi connectivity index (χ2v) is 10.3. The molecule has 2 heterocycles. The number of carbonyl (C=O) groups is 1. The van der Waals surface area contributed by atoms with Gasteiger partial charge in [0, 0.05) is 30.3 Å². The SMILES string of the molecule is C[C@@H](Oc1ccc2c(c1)OC(O)C=C2c1ccc(F)cc1Cl)C(=O)N1CCS(=O)(=O)CC1. The van der Waals surface area contributed by atoms with Crippen LogP contribution >= 0.6 is 11.6 Å². The van der Waals surface area contributed by atoms with Crippen molar-refractivity contribution in [1.82, 2.24) is 4.90 Å². The number of amides is 1. The van der Waals surface area contributed by atoms with E-state index in [9.17, 15) is 22.7 Å². The van der Waals surface area contributed by atoms with Crippen molar-refractivity contribution in [3.05, 3.63) is 64.4 Å². The van der Waals surface area contributed by atoms with Gasteiger partial charge in [0.25, 0.3) is 5.91 Å². The van der Waals surface area contributed by atoms with Gasteiger partial charge in [-0.3, -0.25) is 4.79 Å². The maximum absolute atomic E-state index is 13.4. The van der Waals surface area contributed by atoms with E-state index in [0.29, 0.717) is 28.2 Å². The Bertz CT molecular complexity index is 1180. The Balaban J connectivity index is 1.53. The molecule has 2 aliphatic rings. The van der Waals surface area contributed by atoms with E-state index in [0.717, 1.165) is 0 Å². The first kappa shape index (κ1) is 22.6. The van der Waals surface area contributed by atoms with Crippen LogP contribution in [0.4, 0.5) is 4.39 Å². The fourth-order valence-corrected chi connectivity index (χ4v) is 5.15. The summed E-state index contributed by atoms with van der Waals surface area (Å²) in [5.41, 5.74) is 1.74. The Hall–Kier alpha value is -2.62. The molecule has 0 aromatic heterocycles. The van der Waals surface area contributed by atoms with Gasteiger partial charge in [-0.25, -0.2) is 12.8 Å². The summed E-state index contributed by atoms with van der Waals surface area (Å²) < 4.78 is 47.8. The minimum absolute atomic E-state index is 0.0584. The van der Waals surface area contributed by atoms with Gasteiger partial charge in [0.15, 0.2) is 15.9 Å². The molecule has 2 atom stereocenters. The van der Waals surface area contributed by atoms with Gasteiger partial charge in [0.2, 0.25) is 6.29 Å². The lowest BCUT2D eigenvalue weighted by atomic mass is 9.95. The number of carbonyl (C=O) groups excluding carboxylic acids is 1. The van der Waals surface area contributed by atoms with Gasteiger partial charge < -0.3 is 19.5 Å². The molecule has 10 heteroatoms. The number of aliphatic hydroxyl groups is 1. The molecular weight excluding hydrogens is 461 g/mol. The zero-order chi connectivity index (χ0) is 23.0. The van der Waals surface area contributed by atoms with Crippen LogP contribution in [-0.2, 0) is 14.6 Å². The lowest BCUT2D eigenvalue weighted by Gasteiger charge is -2.29. The topological polar surface area (TPSA) is 93.1 Å². The average molecular weight is 482 g/mol. The molecule has 2 aliphatic heterocycles. The van der Waals surface area contributed by atoms with Crippen LogP contribution in [-0.4, -0.2) is 61.3 Å². The number of hydrogen-bond donors (Lipinski definition) is 1. The van der Waals surface area contributed by atoms with Crippen LogP contribution in [0.25, 0.3) is 5.57 Å². The van der Waals surface area contributed by atoms with Gasteiger partial charge in [0.05, 0.1) is 16.5 Å². The van der Waals surface area contributed by atoms with E-state index in [1.54, 1.807) is 25.1 Å². The largest absolute Gasteiger partial charge is 0.481 e. The second kappa shape index (κ2) is 8.73. The fourth-order valence-electron chi connectivity index (χ4n) is 3.68. The number of nitrogens with zero attached hydrogens (tertiary/aromatic N) is 1. The number of ether oxygens (including phenoxy) is 2. The molecule has 0 radical (unpaired) electrons. The third-order valence-corrected chi connectivity index (χ3v) is 7.26. The molecule has 0 saturated carbocycles. The highest BCUT2D eigenvalue weighted by atomic mass is 35.5. The van der Waals surface area contributed by atoms with E-state index in [1.165, 1.54) is 29.2 Å². The van der Waals surface area contributed by atoms with E-state index >= 15 is 0 Å². The lowest BCUT2D eigenvalue weighted by Crippen LogP contribution is -2.48. The molecule has 1 saturated heterocycles. The summed E-state index contributed by atoms with van der Waals surface area (Å²) >= 11 is 6.20. The average Bonchev–Trinajstić information content (AvgIpc) is 2.72. The summed E-state index contributed by atoms with van der Waals surface area (Å²) in [4.78, 5) is 14.1. The van der Waals surface area contributed by atoms with E-state index in [2.05, 4.69) is 0 Å². The monoisotopic (exact) mass is 481 g/mol. The highest BCUT2D eigenvalue weighted by molar-refractivity contribution is 7.91. The quantitative estimate of drug-likeness (QED) is 0.721. The number of rotatable bonds is 4. The Morgan fingerprint density at radius 1 is 1.22 bits per heavy atom. The zero-order valence-corrected chi connectivity index (χ0v) is 18.7. The van der Waals surface area contributed by atoms with Crippen LogP contribution in [0.2, 0.25) is 5.02 Å². The van der Waals surface area contributed by atoms with Crippen LogP contribution in [0.15, 0.2) is 42.5 Å². The molecule has 0 aliphatic carbocycles. The van der Waals surface area contributed by atoms with Crippen LogP contribution in [0, 0.1) is 5.82 Å². The Morgan fingerprint density at radius 3 is 2.59 bits per heavy atom. The number of halogens is 2. The summed E-state index contributed by atoms with van der Waals surface area (Å²) in [5, 5.41) is 10.3. The van der Waals surface area contributed by atoms with Gasteiger partial charge in [-0.1, -0.05) is 11.6 Å². The molecule has 1 N–H and O–H groups in total. The van der Waals surface area contributed by atoms with Crippen molar-refractivity contribution >= 4 is 32.9 Å². The maximum atomic E-state index is 13.4. The van der Waals surface area contributed by atoms with Crippen LogP contribution in [0.1, 0.15) is 18.1 Å². The van der Waals surface area contributed by atoms with Crippen molar-refractivity contribution in [1.29, 1.82) is 0 Å². The molecule has 1 amide bonds. The highest BCUT2D eigenvalue weighted by Gasteiger charge is 2.29. The number of sulfone groups is 1. The first-order chi connectivity index (χ1) is 15.1. The van der Waals surface area contributed by atoms with Crippen molar-refractivity contribution in [2.24, 2.45) is 0 Å². The summed E-state index contributed by atoms with van der Waals surface area (Å²) in [6, 6.07) is 8.89. The molecule has 4 rings (SSSR count). The number of hydrogen-bond acceptors (Lipinski definition) is 6. The first-order valence-corrected chi connectivity index (χ1v) is 12.2. The van der Waals surface area contributed by atoms with Crippen molar-refractivity contribution in [2.75, 3.05) is 24.6 Å². The molecule has 1 fully saturated rings. The number of aliphatic hydroxyl groups excluding tert-OH is 1. The predicted molar refractivity (Wildman–Crippen MR) is 117 cm³/mol. The van der Waals surface area contributed by atoms with Crippen molar-refractivity contribution < 1.29 is 32.2 Å². The standard InChI is InChI=1S/C22H21ClFNO6S/c1-13(22(27)25-6-8-32(28,29)9-7-25)30-15-3-5-17-18(12-21(26)31-20(17)11-15)16-4-2-14(24)10-19(16)23/h2-5,10-13,21,26H,6-9H2,1H3/t13-,21?/m1/s1. The minimum atomic E-state index is -3.09. The maximum Gasteiger partial charge on any atom is 0.263 e. The first-order valence-electron chi connectivity index (χ1n) is 9.95. The van der Waals surface area contributed by atoms with Gasteiger partial charge in [-0.05, 0) is 48.9 Å². The number of fused-ring (bicyclic) bond motifs is 1. The molecular formula is C22H21ClFNO6S. The summed E-state index contributed by atoms with van der Waals surface area (Å²) in [6.07, 6.45) is -0.620. The minimum Gasteiger partial charge on any atom is -0.481 e.